The Morgan fingerprint density at radius 1 is 0.848 bits per heavy atom. The molecule has 174 valence electrons. The molecule has 0 radical (unpaired) electrons. The summed E-state index contributed by atoms with van der Waals surface area (Å²) in [4.78, 5) is 17.8. The fourth-order valence-corrected chi connectivity index (χ4v) is 2.93. The van der Waals surface area contributed by atoms with Gasteiger partial charge in [0.15, 0.2) is 5.96 Å². The van der Waals surface area contributed by atoms with Crippen molar-refractivity contribution < 1.29 is 13.9 Å². The lowest BCUT2D eigenvalue weighted by Gasteiger charge is -2.13. The number of hydrogen-bond acceptors (Lipinski definition) is 3. The Bertz CT molecular complexity index is 1050. The Morgan fingerprint density at radius 3 is 1.76 bits per heavy atom. The van der Waals surface area contributed by atoms with E-state index in [9.17, 15) is 9.18 Å². The summed E-state index contributed by atoms with van der Waals surface area (Å²) in [5.41, 5.74) is 2.77. The molecular formula is C25H28FIN4O2. The maximum atomic E-state index is 13.0. The predicted molar refractivity (Wildman–Crippen MR) is 140 cm³/mol. The van der Waals surface area contributed by atoms with Crippen molar-refractivity contribution in [3.05, 3.63) is 95.3 Å². The number of halogens is 2. The van der Waals surface area contributed by atoms with Gasteiger partial charge in [0.2, 0.25) is 0 Å². The zero-order valence-electron chi connectivity index (χ0n) is 18.8. The molecular weight excluding hydrogens is 534 g/mol. The summed E-state index contributed by atoms with van der Waals surface area (Å²) in [6, 6.07) is 21.1. The fourth-order valence-electron chi connectivity index (χ4n) is 2.93. The second kappa shape index (κ2) is 12.8. The molecule has 0 saturated carbocycles. The van der Waals surface area contributed by atoms with E-state index in [1.807, 2.05) is 48.5 Å². The number of ether oxygens (including phenoxy) is 1. The molecule has 0 aromatic heterocycles. The van der Waals surface area contributed by atoms with Gasteiger partial charge < -0.3 is 20.3 Å². The number of carbonyl (C=O) groups excluding carboxylic acids is 1. The largest absolute Gasteiger partial charge is 0.457 e. The Balaban J connectivity index is 0.00000385. The maximum Gasteiger partial charge on any atom is 0.253 e. The first-order chi connectivity index (χ1) is 15.4. The van der Waals surface area contributed by atoms with Crippen LogP contribution in [0.15, 0.2) is 77.8 Å². The van der Waals surface area contributed by atoms with E-state index in [-0.39, 0.29) is 35.7 Å². The van der Waals surface area contributed by atoms with E-state index >= 15 is 0 Å². The summed E-state index contributed by atoms with van der Waals surface area (Å²) >= 11 is 0. The topological polar surface area (TPSA) is 66.0 Å². The van der Waals surface area contributed by atoms with Crippen molar-refractivity contribution in [2.75, 3.05) is 21.1 Å². The molecule has 0 fully saturated rings. The van der Waals surface area contributed by atoms with Crippen LogP contribution >= 0.6 is 24.0 Å². The number of hydrogen-bond donors (Lipinski definition) is 2. The molecule has 0 heterocycles. The van der Waals surface area contributed by atoms with Crippen LogP contribution in [0.4, 0.5) is 4.39 Å². The molecule has 33 heavy (non-hydrogen) atoms. The van der Waals surface area contributed by atoms with Gasteiger partial charge in [-0.15, -0.1) is 24.0 Å². The highest BCUT2D eigenvalue weighted by Gasteiger charge is 2.07. The summed E-state index contributed by atoms with van der Waals surface area (Å²) < 4.78 is 18.7. The summed E-state index contributed by atoms with van der Waals surface area (Å²) in [7, 11) is 5.19. The van der Waals surface area contributed by atoms with Crippen molar-refractivity contribution in [1.29, 1.82) is 0 Å². The summed E-state index contributed by atoms with van der Waals surface area (Å²) in [5.74, 6) is 1.62. The van der Waals surface area contributed by atoms with Gasteiger partial charge in [0.1, 0.15) is 17.3 Å². The van der Waals surface area contributed by atoms with E-state index in [0.717, 1.165) is 11.1 Å². The molecule has 0 aliphatic carbocycles. The van der Waals surface area contributed by atoms with Gasteiger partial charge in [-0.25, -0.2) is 4.39 Å². The van der Waals surface area contributed by atoms with E-state index < -0.39 is 0 Å². The quantitative estimate of drug-likeness (QED) is 0.247. The van der Waals surface area contributed by atoms with Crippen molar-refractivity contribution >= 4 is 35.8 Å². The molecule has 0 aliphatic rings. The van der Waals surface area contributed by atoms with Gasteiger partial charge in [-0.05, 0) is 59.7 Å². The Labute approximate surface area is 210 Å². The van der Waals surface area contributed by atoms with Crippen LogP contribution in [0, 0.1) is 5.82 Å². The van der Waals surface area contributed by atoms with E-state index in [4.69, 9.17) is 4.74 Å². The van der Waals surface area contributed by atoms with Crippen LogP contribution in [0.25, 0.3) is 0 Å². The first kappa shape index (κ1) is 26.1. The highest BCUT2D eigenvalue weighted by Crippen LogP contribution is 2.21. The first-order valence-electron chi connectivity index (χ1n) is 10.2. The van der Waals surface area contributed by atoms with Gasteiger partial charge in [0, 0.05) is 39.8 Å². The number of nitrogens with zero attached hydrogens (tertiary/aromatic N) is 2. The first-order valence-corrected chi connectivity index (χ1v) is 10.2. The van der Waals surface area contributed by atoms with Crippen LogP contribution in [0.3, 0.4) is 0 Å². The zero-order chi connectivity index (χ0) is 22.9. The number of carbonyl (C=O) groups is 1. The van der Waals surface area contributed by atoms with Crippen molar-refractivity contribution in [3.8, 4) is 11.5 Å². The van der Waals surface area contributed by atoms with Crippen LogP contribution in [0.1, 0.15) is 21.5 Å². The highest BCUT2D eigenvalue weighted by molar-refractivity contribution is 14.0. The van der Waals surface area contributed by atoms with Crippen LogP contribution in [0.2, 0.25) is 0 Å². The van der Waals surface area contributed by atoms with E-state index in [0.29, 0.717) is 36.1 Å². The van der Waals surface area contributed by atoms with Crippen LogP contribution in [0.5, 0.6) is 11.5 Å². The van der Waals surface area contributed by atoms with Gasteiger partial charge in [-0.2, -0.15) is 0 Å². The molecule has 0 bridgehead atoms. The molecule has 8 heteroatoms. The van der Waals surface area contributed by atoms with Gasteiger partial charge in [-0.3, -0.25) is 9.79 Å². The Kier molecular flexibility index (Phi) is 10.1. The second-order valence-corrected chi connectivity index (χ2v) is 7.38. The lowest BCUT2D eigenvalue weighted by Crippen LogP contribution is -2.36. The summed E-state index contributed by atoms with van der Waals surface area (Å²) in [6.07, 6.45) is 0. The van der Waals surface area contributed by atoms with Crippen LogP contribution in [-0.2, 0) is 13.1 Å². The monoisotopic (exact) mass is 562 g/mol. The molecule has 3 aromatic rings. The van der Waals surface area contributed by atoms with Crippen molar-refractivity contribution in [2.24, 2.45) is 4.99 Å². The van der Waals surface area contributed by atoms with Crippen molar-refractivity contribution in [1.82, 2.24) is 15.5 Å². The minimum absolute atomic E-state index is 0. The Morgan fingerprint density at radius 2 is 1.30 bits per heavy atom. The van der Waals surface area contributed by atoms with Gasteiger partial charge >= 0.3 is 0 Å². The third-order valence-corrected chi connectivity index (χ3v) is 4.72. The molecule has 0 aliphatic heterocycles. The molecule has 0 atom stereocenters. The van der Waals surface area contributed by atoms with Gasteiger partial charge in [0.05, 0.1) is 0 Å². The standard InChI is InChI=1S/C25H27FN4O2.HI/c1-27-25(28-16-18-4-8-20(9-5-18)24(31)30(2)3)29-17-19-6-12-22(13-7-19)32-23-14-10-21(26)11-15-23;/h4-15H,16-17H2,1-3H3,(H2,27,28,29);1H. The molecule has 3 rings (SSSR count). The summed E-state index contributed by atoms with van der Waals surface area (Å²) in [5, 5.41) is 6.54. The average molecular weight is 562 g/mol. The third kappa shape index (κ3) is 8.05. The van der Waals surface area contributed by atoms with Gasteiger partial charge in [-0.1, -0.05) is 24.3 Å². The van der Waals surface area contributed by atoms with E-state index in [1.54, 1.807) is 38.2 Å². The summed E-state index contributed by atoms with van der Waals surface area (Å²) in [6.45, 7) is 1.17. The lowest BCUT2D eigenvalue weighted by molar-refractivity contribution is 0.0827. The van der Waals surface area contributed by atoms with E-state index in [2.05, 4.69) is 15.6 Å². The van der Waals surface area contributed by atoms with Crippen molar-refractivity contribution in [2.45, 2.75) is 13.1 Å². The number of amides is 1. The maximum absolute atomic E-state index is 13.0. The number of aliphatic imine (C=N–C) groups is 1. The predicted octanol–water partition coefficient (Wildman–Crippen LogP) is 4.80. The number of nitrogens with one attached hydrogen (secondary N) is 2. The number of benzene rings is 3. The molecule has 2 N–H and O–H groups in total. The van der Waals surface area contributed by atoms with Crippen LogP contribution in [-0.4, -0.2) is 37.9 Å². The SMILES string of the molecule is CN=C(NCc1ccc(Oc2ccc(F)cc2)cc1)NCc1ccc(C(=O)N(C)C)cc1.I. The van der Waals surface area contributed by atoms with E-state index in [1.165, 1.54) is 12.1 Å². The molecule has 3 aromatic carbocycles. The molecule has 0 saturated heterocycles. The van der Waals surface area contributed by atoms with Crippen molar-refractivity contribution in [3.63, 3.8) is 0 Å². The average Bonchev–Trinajstić information content (AvgIpc) is 2.81. The highest BCUT2D eigenvalue weighted by atomic mass is 127. The molecule has 6 nitrogen and oxygen atoms in total. The van der Waals surface area contributed by atoms with Gasteiger partial charge in [0.25, 0.3) is 5.91 Å². The number of guanidine groups is 1. The molecule has 0 unspecified atom stereocenters. The van der Waals surface area contributed by atoms with Crippen LogP contribution < -0.4 is 15.4 Å². The third-order valence-electron chi connectivity index (χ3n) is 4.72. The second-order valence-electron chi connectivity index (χ2n) is 7.38. The smallest absolute Gasteiger partial charge is 0.253 e. The number of rotatable bonds is 7. The normalized spacial score (nSPS) is 10.7. The Hall–Kier alpha value is -3.14. The minimum Gasteiger partial charge on any atom is -0.457 e. The fraction of sp³-hybridized carbons (Fsp3) is 0.200. The zero-order valence-corrected chi connectivity index (χ0v) is 21.2. The minimum atomic E-state index is -0.294. The molecule has 0 spiro atoms. The molecule has 1 amide bonds. The lowest BCUT2D eigenvalue weighted by atomic mass is 10.1.